The number of ether oxygens (including phenoxy) is 2. The van der Waals surface area contributed by atoms with Crippen LogP contribution in [0.1, 0.15) is 6.42 Å². The molecule has 0 heterocycles. The van der Waals surface area contributed by atoms with Crippen LogP contribution in [0.25, 0.3) is 0 Å². The summed E-state index contributed by atoms with van der Waals surface area (Å²) in [6.07, 6.45) is 1.29. The van der Waals surface area contributed by atoms with Gasteiger partial charge in [0, 0.05) is 12.6 Å². The summed E-state index contributed by atoms with van der Waals surface area (Å²) in [6, 6.07) is 0.268. The lowest BCUT2D eigenvalue weighted by Gasteiger charge is -2.02. The molecular weight excluding hydrogens is 144 g/mol. The van der Waals surface area contributed by atoms with E-state index in [9.17, 15) is 0 Å². The first kappa shape index (κ1) is 8.93. The molecular formula is C7H16N2O2. The molecule has 11 heavy (non-hydrogen) atoms. The van der Waals surface area contributed by atoms with E-state index in [2.05, 4.69) is 0 Å². The average Bonchev–Trinajstić information content (AvgIpc) is 2.67. The highest BCUT2D eigenvalue weighted by Crippen LogP contribution is 2.21. The topological polar surface area (TPSA) is 70.5 Å². The zero-order valence-corrected chi connectivity index (χ0v) is 6.66. The minimum absolute atomic E-state index is 0.268. The third-order valence-corrected chi connectivity index (χ3v) is 1.60. The van der Waals surface area contributed by atoms with Gasteiger partial charge >= 0.3 is 0 Å². The van der Waals surface area contributed by atoms with Crippen LogP contribution < -0.4 is 11.5 Å². The van der Waals surface area contributed by atoms with Crippen molar-refractivity contribution in [3.8, 4) is 0 Å². The van der Waals surface area contributed by atoms with E-state index >= 15 is 0 Å². The first-order valence-electron chi connectivity index (χ1n) is 3.99. The predicted molar refractivity (Wildman–Crippen MR) is 42.2 cm³/mol. The summed E-state index contributed by atoms with van der Waals surface area (Å²) < 4.78 is 10.4. The fraction of sp³-hybridized carbons (Fsp3) is 1.00. The van der Waals surface area contributed by atoms with E-state index in [0.29, 0.717) is 26.4 Å². The van der Waals surface area contributed by atoms with Crippen LogP contribution in [0.4, 0.5) is 0 Å². The Balaban J connectivity index is 1.74. The SMILES string of the molecule is NCCOCCO[C@@H]1CC1N. The van der Waals surface area contributed by atoms with Gasteiger partial charge in [0.25, 0.3) is 0 Å². The van der Waals surface area contributed by atoms with Gasteiger partial charge in [-0.25, -0.2) is 0 Å². The molecule has 0 radical (unpaired) electrons. The molecule has 4 nitrogen and oxygen atoms in total. The lowest BCUT2D eigenvalue weighted by Crippen LogP contribution is -2.14. The molecule has 4 heteroatoms. The molecule has 1 aliphatic rings. The van der Waals surface area contributed by atoms with Gasteiger partial charge in [-0.1, -0.05) is 0 Å². The molecule has 2 atom stereocenters. The van der Waals surface area contributed by atoms with Gasteiger partial charge in [0.2, 0.25) is 0 Å². The highest BCUT2D eigenvalue weighted by molar-refractivity contribution is 4.91. The predicted octanol–water partition coefficient (Wildman–Crippen LogP) is -0.922. The first-order chi connectivity index (χ1) is 5.34. The van der Waals surface area contributed by atoms with Crippen molar-refractivity contribution in [3.63, 3.8) is 0 Å². The summed E-state index contributed by atoms with van der Waals surface area (Å²) in [5.74, 6) is 0. The van der Waals surface area contributed by atoms with Crippen LogP contribution in [-0.4, -0.2) is 38.5 Å². The zero-order valence-electron chi connectivity index (χ0n) is 6.66. The molecule has 1 unspecified atom stereocenters. The third-order valence-electron chi connectivity index (χ3n) is 1.60. The largest absolute Gasteiger partial charge is 0.378 e. The molecule has 0 aromatic rings. The van der Waals surface area contributed by atoms with Crippen molar-refractivity contribution in [2.75, 3.05) is 26.4 Å². The lowest BCUT2D eigenvalue weighted by molar-refractivity contribution is 0.0413. The lowest BCUT2D eigenvalue weighted by atomic mass is 10.7. The minimum Gasteiger partial charge on any atom is -0.378 e. The molecule has 66 valence electrons. The van der Waals surface area contributed by atoms with Crippen LogP contribution in [-0.2, 0) is 9.47 Å². The maximum atomic E-state index is 5.52. The summed E-state index contributed by atoms with van der Waals surface area (Å²) in [7, 11) is 0. The Morgan fingerprint density at radius 3 is 2.55 bits per heavy atom. The Kier molecular flexibility index (Phi) is 3.79. The summed E-state index contributed by atoms with van der Waals surface area (Å²) in [5, 5.41) is 0. The average molecular weight is 160 g/mol. The first-order valence-corrected chi connectivity index (χ1v) is 3.99. The highest BCUT2D eigenvalue weighted by Gasteiger charge is 2.34. The zero-order chi connectivity index (χ0) is 8.10. The Labute approximate surface area is 66.8 Å². The van der Waals surface area contributed by atoms with Crippen LogP contribution in [0.3, 0.4) is 0 Å². The van der Waals surface area contributed by atoms with E-state index in [4.69, 9.17) is 20.9 Å². The van der Waals surface area contributed by atoms with E-state index in [1.54, 1.807) is 0 Å². The quantitative estimate of drug-likeness (QED) is 0.493. The standard InChI is InChI=1S/C7H16N2O2/c8-1-2-10-3-4-11-7-5-6(7)9/h6-7H,1-5,8-9H2/t6?,7-/m1/s1. The Morgan fingerprint density at radius 2 is 2.00 bits per heavy atom. The second-order valence-corrected chi connectivity index (χ2v) is 2.71. The molecule has 4 N–H and O–H groups in total. The van der Waals surface area contributed by atoms with Gasteiger partial charge in [-0.2, -0.15) is 0 Å². The maximum Gasteiger partial charge on any atom is 0.0743 e. The van der Waals surface area contributed by atoms with Crippen molar-refractivity contribution < 1.29 is 9.47 Å². The summed E-state index contributed by atoms with van der Waals surface area (Å²) in [4.78, 5) is 0. The van der Waals surface area contributed by atoms with Crippen molar-refractivity contribution in [1.29, 1.82) is 0 Å². The molecule has 0 spiro atoms. The smallest absolute Gasteiger partial charge is 0.0743 e. The number of hydrogen-bond donors (Lipinski definition) is 2. The number of rotatable bonds is 6. The minimum atomic E-state index is 0.268. The molecule has 0 aromatic carbocycles. The number of hydrogen-bond acceptors (Lipinski definition) is 4. The van der Waals surface area contributed by atoms with E-state index in [0.717, 1.165) is 6.42 Å². The van der Waals surface area contributed by atoms with Crippen LogP contribution in [0, 0.1) is 0 Å². The van der Waals surface area contributed by atoms with Crippen LogP contribution >= 0.6 is 0 Å². The molecule has 1 saturated carbocycles. The fourth-order valence-electron chi connectivity index (χ4n) is 0.825. The normalized spacial score (nSPS) is 28.9. The fourth-order valence-corrected chi connectivity index (χ4v) is 0.825. The Morgan fingerprint density at radius 1 is 1.27 bits per heavy atom. The van der Waals surface area contributed by atoms with Gasteiger partial charge in [0.15, 0.2) is 0 Å². The van der Waals surface area contributed by atoms with Crippen LogP contribution in [0.15, 0.2) is 0 Å². The molecule has 1 fully saturated rings. The molecule has 1 rings (SSSR count). The second kappa shape index (κ2) is 4.66. The Hall–Kier alpha value is -0.160. The van der Waals surface area contributed by atoms with Crippen molar-refractivity contribution in [1.82, 2.24) is 0 Å². The highest BCUT2D eigenvalue weighted by atomic mass is 16.5. The van der Waals surface area contributed by atoms with Gasteiger partial charge in [-0.3, -0.25) is 0 Å². The van der Waals surface area contributed by atoms with Crippen molar-refractivity contribution >= 4 is 0 Å². The summed E-state index contributed by atoms with van der Waals surface area (Å²) in [6.45, 7) is 2.45. The maximum absolute atomic E-state index is 5.52. The summed E-state index contributed by atoms with van der Waals surface area (Å²) in [5.41, 5.74) is 10.7. The third kappa shape index (κ3) is 3.67. The van der Waals surface area contributed by atoms with E-state index in [-0.39, 0.29) is 12.1 Å². The monoisotopic (exact) mass is 160 g/mol. The van der Waals surface area contributed by atoms with Gasteiger partial charge in [0.05, 0.1) is 25.9 Å². The van der Waals surface area contributed by atoms with E-state index in [1.165, 1.54) is 0 Å². The summed E-state index contributed by atoms with van der Waals surface area (Å²) >= 11 is 0. The Bertz CT molecular complexity index is 111. The second-order valence-electron chi connectivity index (χ2n) is 2.71. The van der Waals surface area contributed by atoms with Crippen molar-refractivity contribution in [2.24, 2.45) is 11.5 Å². The molecule has 0 bridgehead atoms. The molecule has 1 aliphatic carbocycles. The van der Waals surface area contributed by atoms with E-state index < -0.39 is 0 Å². The van der Waals surface area contributed by atoms with Gasteiger partial charge in [0.1, 0.15) is 0 Å². The van der Waals surface area contributed by atoms with Crippen LogP contribution in [0.5, 0.6) is 0 Å². The van der Waals surface area contributed by atoms with Crippen LogP contribution in [0.2, 0.25) is 0 Å². The van der Waals surface area contributed by atoms with Gasteiger partial charge in [-0.05, 0) is 6.42 Å². The molecule has 0 aliphatic heterocycles. The molecule has 0 saturated heterocycles. The van der Waals surface area contributed by atoms with Crippen molar-refractivity contribution in [3.05, 3.63) is 0 Å². The van der Waals surface area contributed by atoms with Gasteiger partial charge in [-0.15, -0.1) is 0 Å². The molecule has 0 aromatic heterocycles. The van der Waals surface area contributed by atoms with Crippen molar-refractivity contribution in [2.45, 2.75) is 18.6 Å². The van der Waals surface area contributed by atoms with Gasteiger partial charge < -0.3 is 20.9 Å². The molecule has 0 amide bonds. The number of nitrogens with two attached hydrogens (primary N) is 2. The van der Waals surface area contributed by atoms with E-state index in [1.807, 2.05) is 0 Å².